The van der Waals surface area contributed by atoms with Crippen molar-refractivity contribution < 1.29 is 9.21 Å². The Morgan fingerprint density at radius 1 is 1.21 bits per heavy atom. The molecule has 1 aliphatic rings. The highest BCUT2D eigenvalue weighted by Crippen LogP contribution is 2.42. The van der Waals surface area contributed by atoms with Gasteiger partial charge in [0.2, 0.25) is 0 Å². The predicted octanol–water partition coefficient (Wildman–Crippen LogP) is 4.93. The van der Waals surface area contributed by atoms with Gasteiger partial charge in [0, 0.05) is 16.2 Å². The van der Waals surface area contributed by atoms with Crippen LogP contribution in [0.5, 0.6) is 0 Å². The van der Waals surface area contributed by atoms with Gasteiger partial charge in [0.1, 0.15) is 4.88 Å². The van der Waals surface area contributed by atoms with Gasteiger partial charge in [0.05, 0.1) is 18.1 Å². The number of nitrogens with zero attached hydrogens (tertiary/aromatic N) is 2. The van der Waals surface area contributed by atoms with E-state index in [4.69, 9.17) is 4.42 Å². The van der Waals surface area contributed by atoms with E-state index in [-0.39, 0.29) is 11.9 Å². The van der Waals surface area contributed by atoms with Gasteiger partial charge >= 0.3 is 0 Å². The first-order valence-electron chi connectivity index (χ1n) is 7.74. The number of thioether (sulfide) groups is 1. The van der Waals surface area contributed by atoms with Crippen LogP contribution in [0.4, 0.5) is 5.69 Å². The van der Waals surface area contributed by atoms with Crippen LogP contribution < -0.4 is 4.90 Å². The number of amides is 1. The average Bonchev–Trinajstić information content (AvgIpc) is 3.27. The summed E-state index contributed by atoms with van der Waals surface area (Å²) >= 11 is 3.19. The van der Waals surface area contributed by atoms with Gasteiger partial charge in [0.15, 0.2) is 10.8 Å². The van der Waals surface area contributed by atoms with Crippen LogP contribution in [0.3, 0.4) is 0 Å². The third-order valence-corrected chi connectivity index (χ3v) is 6.56. The number of furan rings is 1. The first-order chi connectivity index (χ1) is 11.6. The molecule has 1 aromatic carbocycles. The van der Waals surface area contributed by atoms with Crippen LogP contribution >= 0.6 is 23.1 Å². The molecule has 0 bridgehead atoms. The number of rotatable bonds is 2. The molecule has 6 heteroatoms. The lowest BCUT2D eigenvalue weighted by atomic mass is 10.1. The average molecular weight is 356 g/mol. The molecule has 2 atom stereocenters. The van der Waals surface area contributed by atoms with Crippen molar-refractivity contribution in [1.82, 2.24) is 4.98 Å². The Morgan fingerprint density at radius 3 is 2.83 bits per heavy atom. The van der Waals surface area contributed by atoms with Crippen LogP contribution in [-0.4, -0.2) is 22.2 Å². The minimum absolute atomic E-state index is 0.00240. The fourth-order valence-corrected chi connectivity index (χ4v) is 4.77. The van der Waals surface area contributed by atoms with Crippen molar-refractivity contribution in [2.45, 2.75) is 30.0 Å². The Bertz CT molecular complexity index is 873. The fraction of sp³-hybridized carbons (Fsp3) is 0.222. The van der Waals surface area contributed by atoms with Gasteiger partial charge in [-0.1, -0.05) is 19.1 Å². The molecule has 122 valence electrons. The Labute approximate surface area is 148 Å². The number of fused-ring (bicyclic) bond motifs is 1. The van der Waals surface area contributed by atoms with E-state index in [1.165, 1.54) is 11.3 Å². The number of carbonyl (C=O) groups is 1. The predicted molar refractivity (Wildman–Crippen MR) is 97.8 cm³/mol. The van der Waals surface area contributed by atoms with Crippen molar-refractivity contribution in [2.24, 2.45) is 0 Å². The van der Waals surface area contributed by atoms with Crippen molar-refractivity contribution in [3.05, 3.63) is 53.7 Å². The van der Waals surface area contributed by atoms with Crippen LogP contribution in [-0.2, 0) is 0 Å². The number of aromatic nitrogens is 1. The van der Waals surface area contributed by atoms with Crippen molar-refractivity contribution in [2.75, 3.05) is 4.90 Å². The molecule has 1 amide bonds. The summed E-state index contributed by atoms with van der Waals surface area (Å²) in [7, 11) is 0. The van der Waals surface area contributed by atoms with E-state index < -0.39 is 0 Å². The molecule has 4 nitrogen and oxygen atoms in total. The second-order valence-electron chi connectivity index (χ2n) is 5.71. The highest BCUT2D eigenvalue weighted by molar-refractivity contribution is 8.00. The molecule has 0 fully saturated rings. The molecule has 0 aliphatic carbocycles. The van der Waals surface area contributed by atoms with E-state index in [1.807, 2.05) is 47.0 Å². The summed E-state index contributed by atoms with van der Waals surface area (Å²) in [6.45, 7) is 4.26. The largest absolute Gasteiger partial charge is 0.462 e. The van der Waals surface area contributed by atoms with Crippen LogP contribution in [0.25, 0.3) is 10.8 Å². The molecule has 0 spiro atoms. The fourth-order valence-electron chi connectivity index (χ4n) is 2.78. The molecular formula is C18H16N2O2S2. The second-order valence-corrected chi connectivity index (χ2v) is 8.16. The van der Waals surface area contributed by atoms with Crippen molar-refractivity contribution >= 4 is 34.7 Å². The lowest BCUT2D eigenvalue weighted by molar-refractivity contribution is 0.0981. The van der Waals surface area contributed by atoms with Gasteiger partial charge in [0.25, 0.3) is 5.91 Å². The Hall–Kier alpha value is -2.05. The third kappa shape index (κ3) is 2.56. The topological polar surface area (TPSA) is 46.3 Å². The Kier molecular flexibility index (Phi) is 3.94. The molecule has 0 saturated carbocycles. The molecule has 4 rings (SSSR count). The maximum Gasteiger partial charge on any atom is 0.270 e. The zero-order chi connectivity index (χ0) is 16.7. The number of para-hydroxylation sites is 1. The lowest BCUT2D eigenvalue weighted by Crippen LogP contribution is -2.45. The van der Waals surface area contributed by atoms with E-state index in [0.717, 1.165) is 15.6 Å². The summed E-state index contributed by atoms with van der Waals surface area (Å²) < 4.78 is 5.37. The van der Waals surface area contributed by atoms with E-state index in [9.17, 15) is 4.79 Å². The number of hydrogen-bond acceptors (Lipinski definition) is 5. The van der Waals surface area contributed by atoms with Gasteiger partial charge < -0.3 is 9.32 Å². The number of benzene rings is 1. The standard InChI is InChI=1S/C18H16N2O2S2/c1-11-12(2)23-15-8-4-3-6-13(15)20(11)18(21)16-10-19-17(24-16)14-7-5-9-22-14/h3-12H,1-2H3/t11-,12-/m0/s1. The van der Waals surface area contributed by atoms with Crippen LogP contribution in [0, 0.1) is 0 Å². The number of anilines is 1. The van der Waals surface area contributed by atoms with Crippen molar-refractivity contribution in [3.8, 4) is 10.8 Å². The smallest absolute Gasteiger partial charge is 0.270 e. The number of hydrogen-bond donors (Lipinski definition) is 0. The van der Waals surface area contributed by atoms with Gasteiger partial charge in [-0.15, -0.1) is 23.1 Å². The first-order valence-corrected chi connectivity index (χ1v) is 9.43. The molecule has 0 radical (unpaired) electrons. The summed E-state index contributed by atoms with van der Waals surface area (Å²) in [4.78, 5) is 21.2. The maximum atomic E-state index is 13.2. The van der Waals surface area contributed by atoms with Gasteiger partial charge in [-0.05, 0) is 31.2 Å². The molecule has 0 saturated heterocycles. The summed E-state index contributed by atoms with van der Waals surface area (Å²) in [6.07, 6.45) is 3.26. The zero-order valence-electron chi connectivity index (χ0n) is 13.3. The van der Waals surface area contributed by atoms with E-state index in [1.54, 1.807) is 12.5 Å². The molecule has 1 aliphatic heterocycles. The summed E-state index contributed by atoms with van der Waals surface area (Å²) in [5.41, 5.74) is 0.978. The van der Waals surface area contributed by atoms with Crippen LogP contribution in [0.15, 0.2) is 58.2 Å². The van der Waals surface area contributed by atoms with Gasteiger partial charge in [-0.2, -0.15) is 0 Å². The first kappa shape index (κ1) is 15.5. The van der Waals surface area contributed by atoms with Gasteiger partial charge in [-0.25, -0.2) is 4.98 Å². The van der Waals surface area contributed by atoms with Crippen LogP contribution in [0.1, 0.15) is 23.5 Å². The third-order valence-electron chi connectivity index (χ3n) is 4.19. The Morgan fingerprint density at radius 2 is 2.04 bits per heavy atom. The monoisotopic (exact) mass is 356 g/mol. The minimum Gasteiger partial charge on any atom is -0.462 e. The lowest BCUT2D eigenvalue weighted by Gasteiger charge is -2.38. The summed E-state index contributed by atoms with van der Waals surface area (Å²) in [6, 6.07) is 11.9. The highest BCUT2D eigenvalue weighted by Gasteiger charge is 2.34. The normalized spacial score (nSPS) is 20.0. The van der Waals surface area contributed by atoms with E-state index in [0.29, 0.717) is 15.9 Å². The van der Waals surface area contributed by atoms with E-state index >= 15 is 0 Å². The molecule has 0 N–H and O–H groups in total. The molecular weight excluding hydrogens is 340 g/mol. The quantitative estimate of drug-likeness (QED) is 0.653. The summed E-state index contributed by atoms with van der Waals surface area (Å²) in [5, 5.41) is 1.06. The highest BCUT2D eigenvalue weighted by atomic mass is 32.2. The number of carbonyl (C=O) groups excluding carboxylic acids is 1. The van der Waals surface area contributed by atoms with E-state index in [2.05, 4.69) is 24.9 Å². The van der Waals surface area contributed by atoms with Gasteiger partial charge in [-0.3, -0.25) is 4.79 Å². The Balaban J connectivity index is 1.71. The van der Waals surface area contributed by atoms with Crippen molar-refractivity contribution in [1.29, 1.82) is 0 Å². The number of thiazole rings is 1. The van der Waals surface area contributed by atoms with Crippen LogP contribution in [0.2, 0.25) is 0 Å². The summed E-state index contributed by atoms with van der Waals surface area (Å²) in [5.74, 6) is 0.687. The molecule has 3 heterocycles. The zero-order valence-corrected chi connectivity index (χ0v) is 14.9. The maximum absolute atomic E-state index is 13.2. The SMILES string of the molecule is C[C@@H]1Sc2ccccc2N(C(=O)c2cnc(-c3ccco3)s2)[C@H]1C. The molecule has 2 aromatic heterocycles. The van der Waals surface area contributed by atoms with Crippen molar-refractivity contribution in [3.63, 3.8) is 0 Å². The minimum atomic E-state index is -0.00240. The molecule has 0 unspecified atom stereocenters. The molecule has 24 heavy (non-hydrogen) atoms. The second kappa shape index (κ2) is 6.11. The molecule has 3 aromatic rings.